The Labute approximate surface area is 132 Å². The minimum atomic E-state index is -0.691. The van der Waals surface area contributed by atoms with Crippen LogP contribution in [0.25, 0.3) is 0 Å². The Kier molecular flexibility index (Phi) is 5.11. The molecule has 3 rings (SSSR count). The highest BCUT2D eigenvalue weighted by Gasteiger charge is 2.32. The molecular formula is C18H26N2O2. The number of aliphatic carboxylic acids is 1. The molecule has 1 N–H and O–H groups in total. The van der Waals surface area contributed by atoms with E-state index < -0.39 is 5.97 Å². The van der Waals surface area contributed by atoms with Crippen molar-refractivity contribution < 1.29 is 9.90 Å². The van der Waals surface area contributed by atoms with Gasteiger partial charge in [-0.25, -0.2) is 0 Å². The van der Waals surface area contributed by atoms with E-state index in [0.717, 1.165) is 26.2 Å². The molecule has 1 heterocycles. The van der Waals surface area contributed by atoms with E-state index in [1.165, 1.54) is 31.2 Å². The number of hydrogen-bond acceptors (Lipinski definition) is 3. The fourth-order valence-corrected chi connectivity index (χ4v) is 3.57. The molecule has 4 heteroatoms. The molecular weight excluding hydrogens is 276 g/mol. The van der Waals surface area contributed by atoms with E-state index in [1.54, 1.807) is 0 Å². The third-order valence-electron chi connectivity index (χ3n) is 4.75. The number of hydrogen-bond donors (Lipinski definition) is 1. The minimum Gasteiger partial charge on any atom is -0.480 e. The first kappa shape index (κ1) is 15.5. The highest BCUT2D eigenvalue weighted by atomic mass is 16.4. The van der Waals surface area contributed by atoms with Crippen LogP contribution in [0.1, 0.15) is 31.2 Å². The smallest absolute Gasteiger partial charge is 0.317 e. The highest BCUT2D eigenvalue weighted by molar-refractivity contribution is 5.69. The van der Waals surface area contributed by atoms with Crippen LogP contribution in [-0.4, -0.2) is 53.1 Å². The van der Waals surface area contributed by atoms with Crippen molar-refractivity contribution in [2.24, 2.45) is 5.92 Å². The van der Waals surface area contributed by atoms with Crippen molar-refractivity contribution >= 4 is 5.97 Å². The Morgan fingerprint density at radius 1 is 1.23 bits per heavy atom. The number of nitrogens with zero attached hydrogens (tertiary/aromatic N) is 2. The van der Waals surface area contributed by atoms with Crippen molar-refractivity contribution in [1.29, 1.82) is 0 Å². The summed E-state index contributed by atoms with van der Waals surface area (Å²) < 4.78 is 0. The van der Waals surface area contributed by atoms with E-state index in [1.807, 2.05) is 0 Å². The quantitative estimate of drug-likeness (QED) is 0.840. The SMILES string of the molecule is O=C(O)CN(C[C@@H]1CCCN(Cc2ccccc2)C1)C1CC1. The van der Waals surface area contributed by atoms with E-state index in [0.29, 0.717) is 12.0 Å². The molecule has 1 saturated carbocycles. The van der Waals surface area contributed by atoms with Gasteiger partial charge < -0.3 is 5.11 Å². The highest BCUT2D eigenvalue weighted by Crippen LogP contribution is 2.29. The van der Waals surface area contributed by atoms with Crippen molar-refractivity contribution in [3.05, 3.63) is 35.9 Å². The maximum Gasteiger partial charge on any atom is 0.317 e. The van der Waals surface area contributed by atoms with Crippen LogP contribution in [0.5, 0.6) is 0 Å². The van der Waals surface area contributed by atoms with E-state index in [2.05, 4.69) is 40.1 Å². The molecule has 1 aliphatic heterocycles. The molecule has 1 saturated heterocycles. The van der Waals surface area contributed by atoms with Gasteiger partial charge in [0.2, 0.25) is 0 Å². The third-order valence-corrected chi connectivity index (χ3v) is 4.75. The van der Waals surface area contributed by atoms with Crippen LogP contribution in [0, 0.1) is 5.92 Å². The first-order chi connectivity index (χ1) is 10.7. The molecule has 0 amide bonds. The normalized spacial score (nSPS) is 22.9. The van der Waals surface area contributed by atoms with Crippen LogP contribution in [-0.2, 0) is 11.3 Å². The molecule has 2 fully saturated rings. The van der Waals surface area contributed by atoms with Crippen LogP contribution >= 0.6 is 0 Å². The molecule has 1 aliphatic carbocycles. The molecule has 0 spiro atoms. The summed E-state index contributed by atoms with van der Waals surface area (Å²) in [5.41, 5.74) is 1.37. The van der Waals surface area contributed by atoms with Crippen molar-refractivity contribution in [2.45, 2.75) is 38.3 Å². The molecule has 22 heavy (non-hydrogen) atoms. The Bertz CT molecular complexity index is 487. The van der Waals surface area contributed by atoms with Gasteiger partial charge in [-0.2, -0.15) is 0 Å². The van der Waals surface area contributed by atoms with E-state index >= 15 is 0 Å². The largest absolute Gasteiger partial charge is 0.480 e. The average molecular weight is 302 g/mol. The van der Waals surface area contributed by atoms with Gasteiger partial charge in [0.15, 0.2) is 0 Å². The first-order valence-corrected chi connectivity index (χ1v) is 8.43. The minimum absolute atomic E-state index is 0.208. The summed E-state index contributed by atoms with van der Waals surface area (Å²) in [5.74, 6) is -0.0822. The second-order valence-electron chi connectivity index (χ2n) is 6.78. The number of likely N-dealkylation sites (tertiary alicyclic amines) is 1. The molecule has 1 aromatic rings. The molecule has 2 aliphatic rings. The monoisotopic (exact) mass is 302 g/mol. The number of benzene rings is 1. The lowest BCUT2D eigenvalue weighted by atomic mass is 9.96. The molecule has 1 aromatic carbocycles. The second-order valence-corrected chi connectivity index (χ2v) is 6.78. The van der Waals surface area contributed by atoms with Crippen molar-refractivity contribution in [3.8, 4) is 0 Å². The van der Waals surface area contributed by atoms with Gasteiger partial charge in [0.05, 0.1) is 6.54 Å². The summed E-state index contributed by atoms with van der Waals surface area (Å²) in [6.07, 6.45) is 4.80. The molecule has 4 nitrogen and oxygen atoms in total. The molecule has 1 atom stereocenters. The maximum absolute atomic E-state index is 11.0. The summed E-state index contributed by atoms with van der Waals surface area (Å²) in [5, 5.41) is 9.08. The van der Waals surface area contributed by atoms with E-state index in [-0.39, 0.29) is 6.54 Å². The second kappa shape index (κ2) is 7.25. The molecule has 0 bridgehead atoms. The number of piperidine rings is 1. The maximum atomic E-state index is 11.0. The standard InChI is InChI=1S/C18H26N2O2/c21-18(22)14-20(17-8-9-17)13-16-7-4-10-19(12-16)11-15-5-2-1-3-6-15/h1-3,5-6,16-17H,4,7-14H2,(H,21,22)/t16-/m1/s1. The van der Waals surface area contributed by atoms with Gasteiger partial charge in [0.25, 0.3) is 0 Å². The van der Waals surface area contributed by atoms with Crippen LogP contribution in [0.3, 0.4) is 0 Å². The van der Waals surface area contributed by atoms with Gasteiger partial charge in [0, 0.05) is 25.7 Å². The van der Waals surface area contributed by atoms with Crippen LogP contribution in [0.4, 0.5) is 0 Å². The van der Waals surface area contributed by atoms with Gasteiger partial charge in [-0.05, 0) is 43.7 Å². The predicted molar refractivity (Wildman–Crippen MR) is 86.7 cm³/mol. The molecule has 0 radical (unpaired) electrons. The lowest BCUT2D eigenvalue weighted by Gasteiger charge is -2.35. The van der Waals surface area contributed by atoms with E-state index in [9.17, 15) is 4.79 Å². The number of rotatable bonds is 7. The van der Waals surface area contributed by atoms with Crippen molar-refractivity contribution in [1.82, 2.24) is 9.80 Å². The van der Waals surface area contributed by atoms with Gasteiger partial charge in [-0.1, -0.05) is 30.3 Å². The molecule has 0 unspecified atom stereocenters. The lowest BCUT2D eigenvalue weighted by molar-refractivity contribution is -0.138. The topological polar surface area (TPSA) is 43.8 Å². The zero-order chi connectivity index (χ0) is 15.4. The summed E-state index contributed by atoms with van der Waals surface area (Å²) in [6.45, 7) is 4.42. The van der Waals surface area contributed by atoms with E-state index in [4.69, 9.17) is 5.11 Å². The summed E-state index contributed by atoms with van der Waals surface area (Å²) >= 11 is 0. The molecule has 120 valence electrons. The predicted octanol–water partition coefficient (Wildman–Crippen LogP) is 2.45. The lowest BCUT2D eigenvalue weighted by Crippen LogP contribution is -2.42. The van der Waals surface area contributed by atoms with Gasteiger partial charge >= 0.3 is 5.97 Å². The summed E-state index contributed by atoms with van der Waals surface area (Å²) in [4.78, 5) is 15.8. The van der Waals surface area contributed by atoms with Crippen LogP contribution < -0.4 is 0 Å². The van der Waals surface area contributed by atoms with Crippen molar-refractivity contribution in [2.75, 3.05) is 26.2 Å². The fraction of sp³-hybridized carbons (Fsp3) is 0.611. The van der Waals surface area contributed by atoms with Gasteiger partial charge in [-0.3, -0.25) is 14.6 Å². The van der Waals surface area contributed by atoms with Crippen LogP contribution in [0.15, 0.2) is 30.3 Å². The Hall–Kier alpha value is -1.39. The Morgan fingerprint density at radius 3 is 2.68 bits per heavy atom. The van der Waals surface area contributed by atoms with Gasteiger partial charge in [0.1, 0.15) is 0 Å². The summed E-state index contributed by atoms with van der Waals surface area (Å²) in [7, 11) is 0. The number of carbonyl (C=O) groups is 1. The molecule has 0 aromatic heterocycles. The van der Waals surface area contributed by atoms with Gasteiger partial charge in [-0.15, -0.1) is 0 Å². The van der Waals surface area contributed by atoms with Crippen LogP contribution in [0.2, 0.25) is 0 Å². The first-order valence-electron chi connectivity index (χ1n) is 8.43. The third kappa shape index (κ3) is 4.55. The zero-order valence-electron chi connectivity index (χ0n) is 13.2. The Morgan fingerprint density at radius 2 is 2.00 bits per heavy atom. The fourth-order valence-electron chi connectivity index (χ4n) is 3.57. The number of carboxylic acids is 1. The zero-order valence-corrected chi connectivity index (χ0v) is 13.2. The summed E-state index contributed by atoms with van der Waals surface area (Å²) in [6, 6.07) is 11.1. The van der Waals surface area contributed by atoms with Crippen molar-refractivity contribution in [3.63, 3.8) is 0 Å². The number of carboxylic acid groups (broad SMARTS) is 1. The average Bonchev–Trinajstić information content (AvgIpc) is 3.32. The Balaban J connectivity index is 1.52.